The molecule has 33 heavy (non-hydrogen) atoms. The Kier molecular flexibility index (Phi) is 8.43. The Morgan fingerprint density at radius 2 is 1.85 bits per heavy atom. The molecule has 1 aromatic heterocycles. The number of nitrogens with zero attached hydrogens (tertiary/aromatic N) is 3. The first-order valence-corrected chi connectivity index (χ1v) is 11.7. The summed E-state index contributed by atoms with van der Waals surface area (Å²) in [6.07, 6.45) is 0.961. The lowest BCUT2D eigenvalue weighted by atomic mass is 10.2. The van der Waals surface area contributed by atoms with Gasteiger partial charge in [-0.15, -0.1) is 10.2 Å². The molecule has 0 aliphatic heterocycles. The monoisotopic (exact) mass is 474 g/mol. The van der Waals surface area contributed by atoms with Gasteiger partial charge >= 0.3 is 0 Å². The topological polar surface area (TPSA) is 69.0 Å². The molecule has 0 saturated carbocycles. The number of carbonyl (C=O) groups is 1. The van der Waals surface area contributed by atoms with Crippen LogP contribution >= 0.6 is 11.8 Å². The number of carbonyl (C=O) groups excluding carboxylic acids is 1. The Balaban J connectivity index is 1.69. The normalized spacial score (nSPS) is 12.1. The molecular formula is C24H28F2N4O2S. The Hall–Kier alpha value is -2.94. The maximum Gasteiger partial charge on any atom is 0.237 e. The molecule has 0 bridgehead atoms. The molecule has 0 spiro atoms. The minimum absolute atomic E-state index is 0.0688. The van der Waals surface area contributed by atoms with Crippen LogP contribution in [0.2, 0.25) is 0 Å². The van der Waals surface area contributed by atoms with E-state index in [9.17, 15) is 13.6 Å². The zero-order valence-electron chi connectivity index (χ0n) is 19.1. The number of benzene rings is 2. The summed E-state index contributed by atoms with van der Waals surface area (Å²) >= 11 is 1.22. The van der Waals surface area contributed by atoms with E-state index in [0.717, 1.165) is 24.3 Å². The minimum Gasteiger partial charge on any atom is -0.486 e. The van der Waals surface area contributed by atoms with Crippen LogP contribution in [-0.2, 0) is 24.4 Å². The number of hydrogen-bond acceptors (Lipinski definition) is 5. The summed E-state index contributed by atoms with van der Waals surface area (Å²) in [5.41, 5.74) is 1.16. The molecule has 6 nitrogen and oxygen atoms in total. The molecule has 0 aliphatic carbocycles. The Morgan fingerprint density at radius 3 is 2.48 bits per heavy atom. The van der Waals surface area contributed by atoms with Crippen LogP contribution in [0.3, 0.4) is 0 Å². The minimum atomic E-state index is -0.824. The highest BCUT2D eigenvalue weighted by Gasteiger charge is 2.22. The quantitative estimate of drug-likeness (QED) is 0.395. The van der Waals surface area contributed by atoms with Crippen LogP contribution < -0.4 is 10.1 Å². The fourth-order valence-electron chi connectivity index (χ4n) is 3.07. The molecule has 9 heteroatoms. The molecule has 0 radical (unpaired) electrons. The predicted molar refractivity (Wildman–Crippen MR) is 125 cm³/mol. The molecule has 1 amide bonds. The van der Waals surface area contributed by atoms with Crippen molar-refractivity contribution in [2.24, 2.45) is 5.92 Å². The van der Waals surface area contributed by atoms with Gasteiger partial charge in [0.2, 0.25) is 5.91 Å². The molecule has 3 rings (SSSR count). The van der Waals surface area contributed by atoms with Crippen LogP contribution in [0.15, 0.2) is 47.6 Å². The van der Waals surface area contributed by atoms with Gasteiger partial charge in [-0.25, -0.2) is 8.78 Å². The summed E-state index contributed by atoms with van der Waals surface area (Å²) in [6.45, 7) is 8.85. The molecule has 2 aromatic carbocycles. The van der Waals surface area contributed by atoms with Gasteiger partial charge in [-0.1, -0.05) is 44.7 Å². The van der Waals surface area contributed by atoms with E-state index in [0.29, 0.717) is 23.4 Å². The van der Waals surface area contributed by atoms with Crippen molar-refractivity contribution in [1.29, 1.82) is 0 Å². The summed E-state index contributed by atoms with van der Waals surface area (Å²) < 4.78 is 34.8. The highest BCUT2D eigenvalue weighted by molar-refractivity contribution is 8.00. The molecule has 1 heterocycles. The van der Waals surface area contributed by atoms with Crippen LogP contribution in [0.25, 0.3) is 0 Å². The number of halogens is 2. The molecule has 176 valence electrons. The maximum absolute atomic E-state index is 13.9. The molecule has 0 aliphatic rings. The number of anilines is 1. The second-order valence-electron chi connectivity index (χ2n) is 8.06. The molecule has 1 unspecified atom stereocenters. The number of thioether (sulfide) groups is 1. The average molecular weight is 475 g/mol. The van der Waals surface area contributed by atoms with Gasteiger partial charge in [0.25, 0.3) is 0 Å². The summed E-state index contributed by atoms with van der Waals surface area (Å²) in [7, 11) is 0. The summed E-state index contributed by atoms with van der Waals surface area (Å²) in [6, 6.07) is 10.9. The number of amides is 1. The van der Waals surface area contributed by atoms with E-state index in [-0.39, 0.29) is 12.3 Å². The van der Waals surface area contributed by atoms with Gasteiger partial charge in [0.15, 0.2) is 11.0 Å². The average Bonchev–Trinajstić information content (AvgIpc) is 3.14. The van der Waals surface area contributed by atoms with E-state index in [1.54, 1.807) is 6.92 Å². The van der Waals surface area contributed by atoms with Gasteiger partial charge < -0.3 is 14.6 Å². The molecule has 1 N–H and O–H groups in total. The zero-order valence-corrected chi connectivity index (χ0v) is 20.0. The van der Waals surface area contributed by atoms with Crippen LogP contribution in [0.5, 0.6) is 5.75 Å². The molecule has 1 atom stereocenters. The SMILES string of the molecule is CCc1ccc(OCc2nnc(SC(C)C(=O)Nc3ccc(F)cc3F)n2CC(C)C)cc1. The van der Waals surface area contributed by atoms with Gasteiger partial charge in [0, 0.05) is 12.6 Å². The van der Waals surface area contributed by atoms with Crippen LogP contribution in [0, 0.1) is 17.6 Å². The van der Waals surface area contributed by atoms with Crippen molar-refractivity contribution in [3.8, 4) is 5.75 Å². The van der Waals surface area contributed by atoms with Gasteiger partial charge in [-0.3, -0.25) is 4.79 Å². The Morgan fingerprint density at radius 1 is 1.12 bits per heavy atom. The zero-order chi connectivity index (χ0) is 24.0. The van der Waals surface area contributed by atoms with E-state index in [1.165, 1.54) is 23.4 Å². The number of aryl methyl sites for hydroxylation is 1. The lowest BCUT2D eigenvalue weighted by Crippen LogP contribution is -2.24. The van der Waals surface area contributed by atoms with Crippen molar-refractivity contribution in [2.75, 3.05) is 5.32 Å². The molecule has 0 fully saturated rings. The van der Waals surface area contributed by atoms with Crippen LogP contribution in [0.4, 0.5) is 14.5 Å². The van der Waals surface area contributed by atoms with Crippen molar-refractivity contribution >= 4 is 23.4 Å². The first-order valence-electron chi connectivity index (χ1n) is 10.8. The summed E-state index contributed by atoms with van der Waals surface area (Å²) in [5.74, 6) is -0.225. The third-order valence-electron chi connectivity index (χ3n) is 4.88. The van der Waals surface area contributed by atoms with E-state index < -0.39 is 22.8 Å². The molecule has 0 saturated heterocycles. The van der Waals surface area contributed by atoms with Gasteiger partial charge in [-0.2, -0.15) is 0 Å². The van der Waals surface area contributed by atoms with E-state index in [4.69, 9.17) is 4.74 Å². The van der Waals surface area contributed by atoms with E-state index in [1.807, 2.05) is 28.8 Å². The summed E-state index contributed by atoms with van der Waals surface area (Å²) in [5, 5.41) is 11.0. The fourth-order valence-corrected chi connectivity index (χ4v) is 3.94. The third-order valence-corrected chi connectivity index (χ3v) is 5.96. The van der Waals surface area contributed by atoms with Gasteiger partial charge in [0.05, 0.1) is 10.9 Å². The number of ether oxygens (including phenoxy) is 1. The van der Waals surface area contributed by atoms with Crippen LogP contribution in [-0.4, -0.2) is 25.9 Å². The van der Waals surface area contributed by atoms with Crippen molar-refractivity contribution in [3.63, 3.8) is 0 Å². The van der Waals surface area contributed by atoms with E-state index in [2.05, 4.69) is 36.3 Å². The van der Waals surface area contributed by atoms with Gasteiger partial charge in [0.1, 0.15) is 24.0 Å². The Bertz CT molecular complexity index is 1090. The van der Waals surface area contributed by atoms with Crippen molar-refractivity contribution < 1.29 is 18.3 Å². The summed E-state index contributed by atoms with van der Waals surface area (Å²) in [4.78, 5) is 12.6. The van der Waals surface area contributed by atoms with Crippen molar-refractivity contribution in [3.05, 3.63) is 65.5 Å². The third kappa shape index (κ3) is 6.77. The van der Waals surface area contributed by atoms with E-state index >= 15 is 0 Å². The molecule has 3 aromatic rings. The fraction of sp³-hybridized carbons (Fsp3) is 0.375. The first kappa shape index (κ1) is 24.7. The van der Waals surface area contributed by atoms with Crippen LogP contribution in [0.1, 0.15) is 39.1 Å². The van der Waals surface area contributed by atoms with Gasteiger partial charge in [-0.05, 0) is 49.1 Å². The number of nitrogens with one attached hydrogen (secondary N) is 1. The maximum atomic E-state index is 13.9. The second kappa shape index (κ2) is 11.3. The largest absolute Gasteiger partial charge is 0.486 e. The second-order valence-corrected chi connectivity index (χ2v) is 9.37. The predicted octanol–water partition coefficient (Wildman–Crippen LogP) is 5.47. The smallest absolute Gasteiger partial charge is 0.237 e. The lowest BCUT2D eigenvalue weighted by molar-refractivity contribution is -0.115. The molecular weight excluding hydrogens is 446 g/mol. The number of rotatable bonds is 10. The standard InChI is InChI=1S/C24H28F2N4O2S/c1-5-17-6-9-19(10-7-17)32-14-22-28-29-24(30(22)13-15(2)3)33-16(4)23(31)27-21-11-8-18(25)12-20(21)26/h6-12,15-16H,5,13-14H2,1-4H3,(H,27,31). The highest BCUT2D eigenvalue weighted by Crippen LogP contribution is 2.26. The lowest BCUT2D eigenvalue weighted by Gasteiger charge is -2.15. The Labute approximate surface area is 196 Å². The highest BCUT2D eigenvalue weighted by atomic mass is 32.2. The van der Waals surface area contributed by atoms with Crippen molar-refractivity contribution in [1.82, 2.24) is 14.8 Å². The number of aromatic nitrogens is 3. The van der Waals surface area contributed by atoms with Crippen molar-refractivity contribution in [2.45, 2.75) is 57.7 Å². The first-order chi connectivity index (χ1) is 15.8. The number of hydrogen-bond donors (Lipinski definition) is 1.